The zero-order valence-corrected chi connectivity index (χ0v) is 8.89. The molecule has 0 spiro atoms. The Bertz CT molecular complexity index is 579. The lowest BCUT2D eigenvalue weighted by molar-refractivity contribution is -0.00638. The fourth-order valence-electron chi connectivity index (χ4n) is 1.81. The number of nitrogen functional groups attached to an aromatic ring is 1. The van der Waals surface area contributed by atoms with E-state index in [-0.39, 0.29) is 18.9 Å². The molecule has 0 fully saturated rings. The van der Waals surface area contributed by atoms with Gasteiger partial charge in [0.05, 0.1) is 12.9 Å². The summed E-state index contributed by atoms with van der Waals surface area (Å²) in [4.78, 5) is 12.2. The molecule has 0 amide bonds. The number of aliphatic hydroxyl groups is 1. The van der Waals surface area contributed by atoms with Crippen LogP contribution in [0.15, 0.2) is 24.8 Å². The van der Waals surface area contributed by atoms with E-state index in [1.165, 1.54) is 6.33 Å². The molecule has 0 saturated heterocycles. The Morgan fingerprint density at radius 3 is 3.00 bits per heavy atom. The van der Waals surface area contributed by atoms with Crippen LogP contribution in [0.5, 0.6) is 0 Å². The molecule has 2 atom stereocenters. The topological polar surface area (TPSA) is 99.1 Å². The predicted molar refractivity (Wildman–Crippen MR) is 59.9 cm³/mol. The minimum Gasteiger partial charge on any atom is -0.393 e. The minimum absolute atomic E-state index is 0.0449. The summed E-state index contributed by atoms with van der Waals surface area (Å²) in [5, 5.41) is 8.99. The summed E-state index contributed by atoms with van der Waals surface area (Å²) >= 11 is 0. The first-order chi connectivity index (χ1) is 8.29. The average molecular weight is 233 g/mol. The van der Waals surface area contributed by atoms with Gasteiger partial charge in [0, 0.05) is 0 Å². The lowest BCUT2D eigenvalue weighted by Gasteiger charge is -2.13. The van der Waals surface area contributed by atoms with Gasteiger partial charge in [0.25, 0.3) is 0 Å². The molecule has 0 unspecified atom stereocenters. The number of nitrogens with zero attached hydrogens (tertiary/aromatic N) is 4. The van der Waals surface area contributed by atoms with Gasteiger partial charge in [-0.3, -0.25) is 4.57 Å². The molecule has 1 aliphatic heterocycles. The van der Waals surface area contributed by atoms with Crippen LogP contribution in [0.3, 0.4) is 0 Å². The van der Waals surface area contributed by atoms with E-state index < -0.39 is 0 Å². The summed E-state index contributed by atoms with van der Waals surface area (Å²) < 4.78 is 7.31. The Morgan fingerprint density at radius 1 is 1.35 bits per heavy atom. The molecule has 3 rings (SSSR count). The van der Waals surface area contributed by atoms with Gasteiger partial charge in [0.15, 0.2) is 17.7 Å². The van der Waals surface area contributed by atoms with E-state index in [2.05, 4.69) is 15.0 Å². The second-order valence-corrected chi connectivity index (χ2v) is 3.72. The highest BCUT2D eigenvalue weighted by molar-refractivity contribution is 5.81. The quantitative estimate of drug-likeness (QED) is 0.700. The summed E-state index contributed by atoms with van der Waals surface area (Å²) in [6, 6.07) is 0. The van der Waals surface area contributed by atoms with Gasteiger partial charge in [0.1, 0.15) is 17.9 Å². The number of hydrogen-bond donors (Lipinski definition) is 2. The number of rotatable bonds is 2. The molecule has 0 aliphatic carbocycles. The van der Waals surface area contributed by atoms with Gasteiger partial charge < -0.3 is 15.6 Å². The standard InChI is InChI=1S/C10H11N5O2/c11-9-8-10(13-4-12-9)15(5-14-8)7-2-1-6(3-16)17-7/h1-2,4-7,16H,3H2,(H2,11,12,13)/t6-,7-/m1/s1. The Hall–Kier alpha value is -1.99. The van der Waals surface area contributed by atoms with Gasteiger partial charge in [0.2, 0.25) is 0 Å². The van der Waals surface area contributed by atoms with Crippen LogP contribution in [0, 0.1) is 0 Å². The maximum atomic E-state index is 8.99. The number of anilines is 1. The van der Waals surface area contributed by atoms with Crippen molar-refractivity contribution in [3.63, 3.8) is 0 Å². The second-order valence-electron chi connectivity index (χ2n) is 3.72. The first-order valence-electron chi connectivity index (χ1n) is 5.17. The monoisotopic (exact) mass is 233 g/mol. The zero-order chi connectivity index (χ0) is 11.8. The first kappa shape index (κ1) is 10.2. The van der Waals surface area contributed by atoms with Crippen molar-refractivity contribution in [2.24, 2.45) is 0 Å². The molecule has 3 N–H and O–H groups in total. The van der Waals surface area contributed by atoms with Crippen LogP contribution in [0.25, 0.3) is 11.2 Å². The molecule has 7 heteroatoms. The van der Waals surface area contributed by atoms with Crippen molar-refractivity contribution >= 4 is 17.0 Å². The van der Waals surface area contributed by atoms with Crippen molar-refractivity contribution < 1.29 is 9.84 Å². The number of fused-ring (bicyclic) bond motifs is 1. The normalized spacial score (nSPS) is 23.6. The Kier molecular flexibility index (Phi) is 2.27. The Morgan fingerprint density at radius 2 is 2.24 bits per heavy atom. The van der Waals surface area contributed by atoms with E-state index in [0.29, 0.717) is 17.0 Å². The highest BCUT2D eigenvalue weighted by Gasteiger charge is 2.22. The van der Waals surface area contributed by atoms with Gasteiger partial charge in [-0.05, 0) is 6.08 Å². The number of imidazole rings is 1. The fraction of sp³-hybridized carbons (Fsp3) is 0.300. The smallest absolute Gasteiger partial charge is 0.167 e. The summed E-state index contributed by atoms with van der Waals surface area (Å²) in [5.74, 6) is 0.342. The Labute approximate surface area is 96.6 Å². The largest absolute Gasteiger partial charge is 0.393 e. The van der Waals surface area contributed by atoms with Crippen molar-refractivity contribution in [1.82, 2.24) is 19.5 Å². The van der Waals surface area contributed by atoms with Gasteiger partial charge >= 0.3 is 0 Å². The van der Waals surface area contributed by atoms with Crippen LogP contribution >= 0.6 is 0 Å². The van der Waals surface area contributed by atoms with Crippen molar-refractivity contribution in [2.45, 2.75) is 12.3 Å². The van der Waals surface area contributed by atoms with Gasteiger partial charge in [-0.2, -0.15) is 0 Å². The SMILES string of the molecule is Nc1ncnc2c1ncn2[C@H]1C=C[C@H](CO)O1. The average Bonchev–Trinajstić information content (AvgIpc) is 2.94. The zero-order valence-electron chi connectivity index (χ0n) is 8.89. The molecule has 0 radical (unpaired) electrons. The van der Waals surface area contributed by atoms with Crippen molar-refractivity contribution in [3.8, 4) is 0 Å². The lowest BCUT2D eigenvalue weighted by atomic mass is 10.4. The molecule has 3 heterocycles. The van der Waals surface area contributed by atoms with Crippen molar-refractivity contribution in [3.05, 3.63) is 24.8 Å². The first-order valence-corrected chi connectivity index (χ1v) is 5.17. The summed E-state index contributed by atoms with van der Waals surface area (Å²) in [6.07, 6.45) is 6.05. The van der Waals surface area contributed by atoms with Crippen LogP contribution in [0.2, 0.25) is 0 Å². The molecule has 2 aromatic rings. The maximum absolute atomic E-state index is 8.99. The summed E-state index contributed by atoms with van der Waals surface area (Å²) in [6.45, 7) is -0.0449. The molecule has 88 valence electrons. The molecular weight excluding hydrogens is 222 g/mol. The van der Waals surface area contributed by atoms with E-state index in [4.69, 9.17) is 15.6 Å². The highest BCUT2D eigenvalue weighted by atomic mass is 16.5. The second kappa shape index (κ2) is 3.79. The summed E-state index contributed by atoms with van der Waals surface area (Å²) in [7, 11) is 0. The van der Waals surface area contributed by atoms with Crippen molar-refractivity contribution in [1.29, 1.82) is 0 Å². The Balaban J connectivity index is 2.02. The van der Waals surface area contributed by atoms with E-state index >= 15 is 0 Å². The molecular formula is C10H11N5O2. The van der Waals surface area contributed by atoms with Crippen LogP contribution in [0.1, 0.15) is 6.23 Å². The van der Waals surface area contributed by atoms with E-state index in [1.54, 1.807) is 17.0 Å². The number of hydrogen-bond acceptors (Lipinski definition) is 6. The molecule has 0 aromatic carbocycles. The third-order valence-corrected chi connectivity index (χ3v) is 2.65. The molecule has 1 aliphatic rings. The van der Waals surface area contributed by atoms with Crippen LogP contribution < -0.4 is 5.73 Å². The number of nitrogens with two attached hydrogens (primary N) is 1. The number of ether oxygens (including phenoxy) is 1. The maximum Gasteiger partial charge on any atom is 0.167 e. The van der Waals surface area contributed by atoms with E-state index in [9.17, 15) is 0 Å². The van der Waals surface area contributed by atoms with Gasteiger partial charge in [-0.15, -0.1) is 0 Å². The summed E-state index contributed by atoms with van der Waals surface area (Å²) in [5.41, 5.74) is 6.87. The molecule has 0 bridgehead atoms. The highest BCUT2D eigenvalue weighted by Crippen LogP contribution is 2.25. The van der Waals surface area contributed by atoms with Gasteiger partial charge in [-0.1, -0.05) is 6.08 Å². The third-order valence-electron chi connectivity index (χ3n) is 2.65. The van der Waals surface area contributed by atoms with Crippen molar-refractivity contribution in [2.75, 3.05) is 12.3 Å². The number of aliphatic hydroxyl groups excluding tert-OH is 1. The molecule has 17 heavy (non-hydrogen) atoms. The third kappa shape index (κ3) is 1.56. The van der Waals surface area contributed by atoms with Crippen LogP contribution in [-0.2, 0) is 4.74 Å². The van der Waals surface area contributed by atoms with E-state index in [0.717, 1.165) is 0 Å². The minimum atomic E-state index is -0.313. The number of aromatic nitrogens is 4. The molecule has 2 aromatic heterocycles. The van der Waals surface area contributed by atoms with E-state index in [1.807, 2.05) is 6.08 Å². The molecule has 7 nitrogen and oxygen atoms in total. The van der Waals surface area contributed by atoms with Crippen LogP contribution in [-0.4, -0.2) is 37.3 Å². The molecule has 0 saturated carbocycles. The fourth-order valence-corrected chi connectivity index (χ4v) is 1.81. The lowest BCUT2D eigenvalue weighted by Crippen LogP contribution is -2.15. The van der Waals surface area contributed by atoms with Crippen LogP contribution in [0.4, 0.5) is 5.82 Å². The van der Waals surface area contributed by atoms with Gasteiger partial charge in [-0.25, -0.2) is 15.0 Å². The predicted octanol–water partition coefficient (Wildman–Crippen LogP) is -0.146.